The van der Waals surface area contributed by atoms with Gasteiger partial charge in [0.05, 0.1) is 0 Å². The molecule has 3 atom stereocenters. The Kier molecular flexibility index (Phi) is 4.19. The van der Waals surface area contributed by atoms with Gasteiger partial charge in [0.1, 0.15) is 0 Å². The molecule has 2 rings (SSSR count). The van der Waals surface area contributed by atoms with Crippen molar-refractivity contribution in [1.29, 1.82) is 0 Å². The van der Waals surface area contributed by atoms with E-state index >= 15 is 0 Å². The van der Waals surface area contributed by atoms with Crippen LogP contribution in [0.4, 0.5) is 0 Å². The average Bonchev–Trinajstić information content (AvgIpc) is 2.62. The van der Waals surface area contributed by atoms with Crippen LogP contribution in [-0.4, -0.2) is 18.3 Å². The van der Waals surface area contributed by atoms with Gasteiger partial charge < -0.3 is 10.4 Å². The van der Waals surface area contributed by atoms with Crippen molar-refractivity contribution in [3.05, 3.63) is 35.4 Å². The van der Waals surface area contributed by atoms with Gasteiger partial charge >= 0.3 is 0 Å². The number of rotatable bonds is 5. The fourth-order valence-corrected chi connectivity index (χ4v) is 2.76. The summed E-state index contributed by atoms with van der Waals surface area (Å²) in [5.41, 5.74) is 2.96. The second-order valence-electron chi connectivity index (χ2n) is 5.38. The van der Waals surface area contributed by atoms with Gasteiger partial charge in [0.25, 0.3) is 0 Å². The average molecular weight is 233 g/mol. The van der Waals surface area contributed by atoms with Crippen molar-refractivity contribution in [2.45, 2.75) is 32.7 Å². The van der Waals surface area contributed by atoms with Gasteiger partial charge in [-0.2, -0.15) is 0 Å². The van der Waals surface area contributed by atoms with E-state index < -0.39 is 0 Å². The molecule has 1 aliphatic rings. The molecule has 1 aromatic rings. The third kappa shape index (κ3) is 2.88. The maximum atomic E-state index is 8.91. The van der Waals surface area contributed by atoms with Crippen LogP contribution < -0.4 is 5.32 Å². The highest BCUT2D eigenvalue weighted by molar-refractivity contribution is 5.35. The maximum absolute atomic E-state index is 8.91. The fourth-order valence-electron chi connectivity index (χ4n) is 2.76. The van der Waals surface area contributed by atoms with Gasteiger partial charge in [0, 0.05) is 12.6 Å². The van der Waals surface area contributed by atoms with Crippen LogP contribution in [0.1, 0.15) is 37.4 Å². The van der Waals surface area contributed by atoms with Crippen molar-refractivity contribution in [3.63, 3.8) is 0 Å². The molecule has 2 heteroatoms. The van der Waals surface area contributed by atoms with E-state index in [4.69, 9.17) is 5.11 Å². The van der Waals surface area contributed by atoms with E-state index in [9.17, 15) is 0 Å². The topological polar surface area (TPSA) is 32.3 Å². The third-order valence-corrected chi connectivity index (χ3v) is 3.81. The maximum Gasteiger partial charge on any atom is 0.0434 e. The minimum atomic E-state index is 0.291. The number of nitrogens with one attached hydrogen (secondary N) is 1. The smallest absolute Gasteiger partial charge is 0.0434 e. The van der Waals surface area contributed by atoms with E-state index in [1.54, 1.807) is 0 Å². The Balaban J connectivity index is 1.97. The molecular weight excluding hydrogens is 210 g/mol. The largest absolute Gasteiger partial charge is 0.396 e. The summed E-state index contributed by atoms with van der Waals surface area (Å²) in [6.07, 6.45) is 2.07. The van der Waals surface area contributed by atoms with Crippen LogP contribution in [0.2, 0.25) is 0 Å². The predicted octanol–water partition coefficient (Wildman–Crippen LogP) is 2.53. The lowest BCUT2D eigenvalue weighted by atomic mass is 10.0. The van der Waals surface area contributed by atoms with Gasteiger partial charge in [-0.15, -0.1) is 0 Å². The lowest BCUT2D eigenvalue weighted by molar-refractivity contribution is 0.255. The first-order valence-corrected chi connectivity index (χ1v) is 6.64. The van der Waals surface area contributed by atoms with E-state index in [0.717, 1.165) is 13.0 Å². The molecule has 0 saturated heterocycles. The Morgan fingerprint density at radius 3 is 2.94 bits per heavy atom. The van der Waals surface area contributed by atoms with Gasteiger partial charge in [-0.1, -0.05) is 38.1 Å². The van der Waals surface area contributed by atoms with Crippen LogP contribution >= 0.6 is 0 Å². The molecule has 0 aromatic heterocycles. The zero-order chi connectivity index (χ0) is 12.3. The molecule has 0 amide bonds. The Hall–Kier alpha value is -0.860. The molecular formula is C15H23NO. The highest BCUT2D eigenvalue weighted by atomic mass is 16.3. The Morgan fingerprint density at radius 1 is 1.41 bits per heavy atom. The summed E-state index contributed by atoms with van der Waals surface area (Å²) < 4.78 is 0. The molecule has 0 bridgehead atoms. The Labute approximate surface area is 104 Å². The quantitative estimate of drug-likeness (QED) is 0.819. The summed E-state index contributed by atoms with van der Waals surface area (Å²) >= 11 is 0. The second-order valence-corrected chi connectivity index (χ2v) is 5.38. The standard InChI is InChI=1S/C15H23NO/c1-11(7-8-17)10-16-15-12(2)9-13-5-3-4-6-14(13)15/h3-6,11-12,15-17H,7-10H2,1-2H3. The van der Waals surface area contributed by atoms with Crippen molar-refractivity contribution >= 4 is 0 Å². The molecule has 17 heavy (non-hydrogen) atoms. The lowest BCUT2D eigenvalue weighted by Crippen LogP contribution is -2.28. The molecule has 94 valence electrons. The molecule has 1 aromatic carbocycles. The van der Waals surface area contributed by atoms with Crippen LogP contribution in [0.5, 0.6) is 0 Å². The van der Waals surface area contributed by atoms with E-state index in [1.807, 2.05) is 0 Å². The van der Waals surface area contributed by atoms with Crippen molar-refractivity contribution < 1.29 is 5.11 Å². The summed E-state index contributed by atoms with van der Waals surface area (Å²) in [7, 11) is 0. The summed E-state index contributed by atoms with van der Waals surface area (Å²) in [6, 6.07) is 9.23. The molecule has 2 N–H and O–H groups in total. The van der Waals surface area contributed by atoms with Crippen LogP contribution in [0, 0.1) is 11.8 Å². The summed E-state index contributed by atoms with van der Waals surface area (Å²) in [4.78, 5) is 0. The SMILES string of the molecule is CC(CCO)CNC1c2ccccc2CC1C. The molecule has 0 radical (unpaired) electrons. The molecule has 0 saturated carbocycles. The van der Waals surface area contributed by atoms with Gasteiger partial charge in [-0.25, -0.2) is 0 Å². The highest BCUT2D eigenvalue weighted by Gasteiger charge is 2.28. The number of benzene rings is 1. The lowest BCUT2D eigenvalue weighted by Gasteiger charge is -2.21. The molecule has 0 fully saturated rings. The minimum absolute atomic E-state index is 0.291. The number of hydrogen-bond acceptors (Lipinski definition) is 2. The molecule has 3 unspecified atom stereocenters. The van der Waals surface area contributed by atoms with Crippen molar-refractivity contribution in [1.82, 2.24) is 5.32 Å². The van der Waals surface area contributed by atoms with Crippen molar-refractivity contribution in [2.24, 2.45) is 11.8 Å². The van der Waals surface area contributed by atoms with Crippen LogP contribution in [-0.2, 0) is 6.42 Å². The van der Waals surface area contributed by atoms with E-state index in [-0.39, 0.29) is 0 Å². The predicted molar refractivity (Wildman–Crippen MR) is 70.9 cm³/mol. The van der Waals surface area contributed by atoms with E-state index in [1.165, 1.54) is 17.5 Å². The minimum Gasteiger partial charge on any atom is -0.396 e. The number of hydrogen-bond donors (Lipinski definition) is 2. The molecule has 1 aliphatic carbocycles. The van der Waals surface area contributed by atoms with Crippen LogP contribution in [0.3, 0.4) is 0 Å². The Morgan fingerprint density at radius 2 is 2.18 bits per heavy atom. The number of fused-ring (bicyclic) bond motifs is 1. The van der Waals surface area contributed by atoms with Crippen molar-refractivity contribution in [3.8, 4) is 0 Å². The van der Waals surface area contributed by atoms with E-state index in [2.05, 4.69) is 43.4 Å². The molecule has 2 nitrogen and oxygen atoms in total. The van der Waals surface area contributed by atoms with Gasteiger partial charge in [-0.3, -0.25) is 0 Å². The molecule has 0 aliphatic heterocycles. The monoisotopic (exact) mass is 233 g/mol. The summed E-state index contributed by atoms with van der Waals surface area (Å²) in [5, 5.41) is 12.6. The summed E-state index contributed by atoms with van der Waals surface area (Å²) in [6.45, 7) is 5.78. The van der Waals surface area contributed by atoms with Crippen molar-refractivity contribution in [2.75, 3.05) is 13.2 Å². The highest BCUT2D eigenvalue weighted by Crippen LogP contribution is 2.35. The van der Waals surface area contributed by atoms with Gasteiger partial charge in [-0.05, 0) is 42.3 Å². The van der Waals surface area contributed by atoms with E-state index in [0.29, 0.717) is 24.5 Å². The second kappa shape index (κ2) is 5.65. The summed E-state index contributed by atoms with van der Waals surface area (Å²) in [5.74, 6) is 1.22. The zero-order valence-corrected chi connectivity index (χ0v) is 10.8. The number of aliphatic hydroxyl groups is 1. The normalized spacial score (nSPS) is 24.6. The van der Waals surface area contributed by atoms with Gasteiger partial charge in [0.2, 0.25) is 0 Å². The first kappa shape index (κ1) is 12.6. The third-order valence-electron chi connectivity index (χ3n) is 3.81. The fraction of sp³-hybridized carbons (Fsp3) is 0.600. The van der Waals surface area contributed by atoms with Crippen LogP contribution in [0.15, 0.2) is 24.3 Å². The Bertz CT molecular complexity index is 364. The first-order valence-electron chi connectivity index (χ1n) is 6.64. The first-order chi connectivity index (χ1) is 8.22. The number of aliphatic hydroxyl groups excluding tert-OH is 1. The molecule has 0 spiro atoms. The van der Waals surface area contributed by atoms with Gasteiger partial charge in [0.15, 0.2) is 0 Å². The zero-order valence-electron chi connectivity index (χ0n) is 10.8. The molecule has 0 heterocycles. The van der Waals surface area contributed by atoms with Crippen LogP contribution in [0.25, 0.3) is 0 Å².